The van der Waals surface area contributed by atoms with Crippen LogP contribution in [-0.2, 0) is 0 Å². The second-order valence-corrected chi connectivity index (χ2v) is 9.67. The number of hydrogen-bond acceptors (Lipinski definition) is 6. The van der Waals surface area contributed by atoms with E-state index in [0.717, 1.165) is 62.9 Å². The third-order valence-electron chi connectivity index (χ3n) is 6.58. The fraction of sp³-hybridized carbons (Fsp3) is 0.269. The standard InChI is InChI=1S/C26H26BrN7/c1-33(2)26-23(27)24(17-9-7-16(8-10-17)20(12-28)13-29)32-25-21(15-31-34(25)26)19-11-18-5-3-4-6-22(18)30-14-19/h3-6,9,11-16,20,28-29H,7-8,10H2,1-2H3. The first-order chi connectivity index (χ1) is 16.5. The fourth-order valence-electron chi connectivity index (χ4n) is 4.72. The Bertz CT molecular complexity index is 1430. The molecular weight excluding hydrogens is 490 g/mol. The second-order valence-electron chi connectivity index (χ2n) is 8.88. The minimum absolute atomic E-state index is 0.101. The molecule has 4 aromatic rings. The Labute approximate surface area is 206 Å². The van der Waals surface area contributed by atoms with Gasteiger partial charge in [-0.25, -0.2) is 4.98 Å². The van der Waals surface area contributed by atoms with Crippen molar-refractivity contribution in [1.82, 2.24) is 19.6 Å². The van der Waals surface area contributed by atoms with E-state index in [4.69, 9.17) is 15.8 Å². The molecule has 1 aromatic carbocycles. The number of rotatable bonds is 6. The number of nitrogens with zero attached hydrogens (tertiary/aromatic N) is 5. The molecule has 0 bridgehead atoms. The molecule has 5 rings (SSSR count). The maximum Gasteiger partial charge on any atom is 0.165 e. The van der Waals surface area contributed by atoms with Gasteiger partial charge in [0.05, 0.1) is 21.9 Å². The van der Waals surface area contributed by atoms with Crippen molar-refractivity contribution in [2.75, 3.05) is 19.0 Å². The number of nitrogens with one attached hydrogen (secondary N) is 2. The van der Waals surface area contributed by atoms with Gasteiger partial charge in [0.25, 0.3) is 0 Å². The lowest BCUT2D eigenvalue weighted by atomic mass is 9.81. The molecule has 0 fully saturated rings. The summed E-state index contributed by atoms with van der Waals surface area (Å²) in [5.74, 6) is 1.12. The number of allylic oxidation sites excluding steroid dienone is 2. The number of fused-ring (bicyclic) bond motifs is 2. The van der Waals surface area contributed by atoms with E-state index in [1.165, 1.54) is 18.0 Å². The van der Waals surface area contributed by atoms with Crippen molar-refractivity contribution in [3.63, 3.8) is 0 Å². The number of halogens is 1. The summed E-state index contributed by atoms with van der Waals surface area (Å²) in [6.45, 7) is 0. The maximum absolute atomic E-state index is 7.61. The summed E-state index contributed by atoms with van der Waals surface area (Å²) in [5.41, 5.74) is 5.79. The van der Waals surface area contributed by atoms with Crippen molar-refractivity contribution >= 4 is 56.3 Å². The molecule has 0 amide bonds. The highest BCUT2D eigenvalue weighted by atomic mass is 79.9. The molecule has 0 radical (unpaired) electrons. The largest absolute Gasteiger partial charge is 0.362 e. The van der Waals surface area contributed by atoms with Crippen molar-refractivity contribution in [2.24, 2.45) is 11.8 Å². The van der Waals surface area contributed by atoms with Crippen molar-refractivity contribution in [1.29, 1.82) is 10.8 Å². The van der Waals surface area contributed by atoms with Crippen LogP contribution in [0.1, 0.15) is 25.0 Å². The predicted octanol–water partition coefficient (Wildman–Crippen LogP) is 5.87. The van der Waals surface area contributed by atoms with Crippen LogP contribution in [0.25, 0.3) is 33.3 Å². The Morgan fingerprint density at radius 3 is 2.68 bits per heavy atom. The Kier molecular flexibility index (Phi) is 6.00. The van der Waals surface area contributed by atoms with E-state index in [1.807, 2.05) is 54.1 Å². The third-order valence-corrected chi connectivity index (χ3v) is 7.31. The number of benzene rings is 1. The third kappa shape index (κ3) is 3.81. The lowest BCUT2D eigenvalue weighted by molar-refractivity contribution is 0.460. The summed E-state index contributed by atoms with van der Waals surface area (Å²) in [4.78, 5) is 11.8. The zero-order chi connectivity index (χ0) is 23.8. The molecule has 1 aliphatic rings. The van der Waals surface area contributed by atoms with Crippen LogP contribution >= 0.6 is 15.9 Å². The summed E-state index contributed by atoms with van der Waals surface area (Å²) >= 11 is 3.82. The van der Waals surface area contributed by atoms with Gasteiger partial charge in [0.15, 0.2) is 5.65 Å². The molecule has 2 N–H and O–H groups in total. The highest BCUT2D eigenvalue weighted by Crippen LogP contribution is 2.40. The summed E-state index contributed by atoms with van der Waals surface area (Å²) in [5, 5.41) is 21.0. The summed E-state index contributed by atoms with van der Waals surface area (Å²) in [7, 11) is 4.01. The summed E-state index contributed by atoms with van der Waals surface area (Å²) < 4.78 is 2.79. The SMILES string of the molecule is CN(C)c1c(Br)c(C2=CCC(C(C=N)C=N)CC2)nc2c(-c3cnc4ccccc4c3)cnn12. The lowest BCUT2D eigenvalue weighted by Crippen LogP contribution is -2.20. The summed E-state index contributed by atoms with van der Waals surface area (Å²) in [6, 6.07) is 10.2. The molecule has 3 aromatic heterocycles. The van der Waals surface area contributed by atoms with E-state index < -0.39 is 0 Å². The van der Waals surface area contributed by atoms with Gasteiger partial charge in [0, 0.05) is 55.2 Å². The van der Waals surface area contributed by atoms with Crippen LogP contribution in [-0.4, -0.2) is 46.1 Å². The molecular formula is C26H26BrN7. The van der Waals surface area contributed by atoms with E-state index in [-0.39, 0.29) is 5.92 Å². The van der Waals surface area contributed by atoms with Crippen molar-refractivity contribution in [3.05, 3.63) is 59.0 Å². The Morgan fingerprint density at radius 1 is 1.18 bits per heavy atom. The molecule has 7 nitrogen and oxygen atoms in total. The monoisotopic (exact) mass is 515 g/mol. The number of para-hydroxylation sites is 1. The van der Waals surface area contributed by atoms with Crippen LogP contribution in [0, 0.1) is 22.7 Å². The minimum Gasteiger partial charge on any atom is -0.362 e. The van der Waals surface area contributed by atoms with Gasteiger partial charge in [0.2, 0.25) is 0 Å². The average Bonchev–Trinajstić information content (AvgIpc) is 3.27. The minimum atomic E-state index is -0.101. The topological polar surface area (TPSA) is 94.0 Å². The molecule has 0 spiro atoms. The van der Waals surface area contributed by atoms with E-state index in [0.29, 0.717) is 5.92 Å². The van der Waals surface area contributed by atoms with Crippen LogP contribution in [0.5, 0.6) is 0 Å². The normalized spacial score (nSPS) is 16.9. The quantitative estimate of drug-likeness (QED) is 0.314. The highest BCUT2D eigenvalue weighted by molar-refractivity contribution is 9.10. The smallest absolute Gasteiger partial charge is 0.165 e. The zero-order valence-electron chi connectivity index (χ0n) is 19.2. The van der Waals surface area contributed by atoms with Crippen molar-refractivity contribution < 1.29 is 0 Å². The van der Waals surface area contributed by atoms with Crippen LogP contribution < -0.4 is 4.90 Å². The summed E-state index contributed by atoms with van der Waals surface area (Å²) in [6.07, 6.45) is 11.4. The molecule has 0 aliphatic heterocycles. The number of hydrogen-bond donors (Lipinski definition) is 2. The first kappa shape index (κ1) is 22.4. The molecule has 1 unspecified atom stereocenters. The molecule has 1 aliphatic carbocycles. The molecule has 3 heterocycles. The molecule has 0 saturated heterocycles. The van der Waals surface area contributed by atoms with Gasteiger partial charge >= 0.3 is 0 Å². The fourth-order valence-corrected chi connectivity index (χ4v) is 5.58. The van der Waals surface area contributed by atoms with Gasteiger partial charge in [-0.2, -0.15) is 9.61 Å². The van der Waals surface area contributed by atoms with Crippen LogP contribution in [0.15, 0.2) is 53.3 Å². The van der Waals surface area contributed by atoms with Crippen LogP contribution in [0.2, 0.25) is 0 Å². The average molecular weight is 516 g/mol. The molecule has 172 valence electrons. The zero-order valence-corrected chi connectivity index (χ0v) is 20.7. The Morgan fingerprint density at radius 2 is 1.97 bits per heavy atom. The van der Waals surface area contributed by atoms with Crippen LogP contribution in [0.3, 0.4) is 0 Å². The van der Waals surface area contributed by atoms with Gasteiger partial charge in [-0.05, 0) is 58.8 Å². The van der Waals surface area contributed by atoms with Gasteiger partial charge in [0.1, 0.15) is 5.82 Å². The predicted molar refractivity (Wildman–Crippen MR) is 142 cm³/mol. The molecule has 0 saturated carbocycles. The van der Waals surface area contributed by atoms with Gasteiger partial charge < -0.3 is 15.7 Å². The molecule has 1 atom stereocenters. The number of pyridine rings is 1. The first-order valence-electron chi connectivity index (χ1n) is 11.3. The van der Waals surface area contributed by atoms with Crippen molar-refractivity contribution in [2.45, 2.75) is 19.3 Å². The van der Waals surface area contributed by atoms with Gasteiger partial charge in [-0.15, -0.1) is 0 Å². The van der Waals surface area contributed by atoms with Gasteiger partial charge in [-0.3, -0.25) is 4.98 Å². The second kappa shape index (κ2) is 9.10. The van der Waals surface area contributed by atoms with E-state index in [1.54, 1.807) is 0 Å². The lowest BCUT2D eigenvalue weighted by Gasteiger charge is -2.26. The van der Waals surface area contributed by atoms with E-state index >= 15 is 0 Å². The van der Waals surface area contributed by atoms with E-state index in [9.17, 15) is 0 Å². The molecule has 34 heavy (non-hydrogen) atoms. The maximum atomic E-state index is 7.61. The van der Waals surface area contributed by atoms with Crippen LogP contribution in [0.4, 0.5) is 5.82 Å². The number of anilines is 1. The first-order valence-corrected chi connectivity index (χ1v) is 12.1. The Balaban J connectivity index is 1.64. The van der Waals surface area contributed by atoms with Crippen molar-refractivity contribution in [3.8, 4) is 11.1 Å². The van der Waals surface area contributed by atoms with E-state index in [2.05, 4.69) is 44.2 Å². The Hall–Kier alpha value is -3.39. The molecule has 8 heteroatoms. The van der Waals surface area contributed by atoms with Gasteiger partial charge in [-0.1, -0.05) is 24.3 Å². The highest BCUT2D eigenvalue weighted by Gasteiger charge is 2.26. The number of aromatic nitrogens is 4.